The Morgan fingerprint density at radius 2 is 1.87 bits per heavy atom. The summed E-state index contributed by atoms with van der Waals surface area (Å²) in [6.07, 6.45) is -4.60. The molecule has 0 amide bonds. The molecule has 0 bridgehead atoms. The highest BCUT2D eigenvalue weighted by molar-refractivity contribution is 5.18. The van der Waals surface area contributed by atoms with Crippen LogP contribution in [-0.2, 0) is 23.7 Å². The Morgan fingerprint density at radius 3 is 2.61 bits per heavy atom. The van der Waals surface area contributed by atoms with Gasteiger partial charge in [-0.05, 0) is 0 Å². The van der Waals surface area contributed by atoms with Crippen LogP contribution in [0, 0.1) is 0 Å². The van der Waals surface area contributed by atoms with E-state index >= 15 is 0 Å². The Balaban J connectivity index is 1.63. The smallest absolute Gasteiger partial charge is 0.186 e. The molecule has 0 spiro atoms. The predicted octanol–water partition coefficient (Wildman–Crippen LogP) is -0.0373. The molecule has 4 rings (SSSR count). The van der Waals surface area contributed by atoms with E-state index in [-0.39, 0.29) is 13.2 Å². The van der Waals surface area contributed by atoms with Gasteiger partial charge in [-0.2, -0.15) is 0 Å². The fraction of sp³-hybridized carbons (Fsp3) is 0.625. The van der Waals surface area contributed by atoms with Crippen molar-refractivity contribution in [1.82, 2.24) is 0 Å². The number of benzene rings is 1. The lowest BCUT2D eigenvalue weighted by Gasteiger charge is -2.51. The fourth-order valence-corrected chi connectivity index (χ4v) is 3.55. The molecule has 2 N–H and O–H groups in total. The lowest BCUT2D eigenvalue weighted by Crippen LogP contribution is -2.71. The van der Waals surface area contributed by atoms with Crippen molar-refractivity contribution in [3.05, 3.63) is 35.9 Å². The van der Waals surface area contributed by atoms with Crippen molar-refractivity contribution in [2.45, 2.75) is 42.6 Å². The van der Waals surface area contributed by atoms with Crippen molar-refractivity contribution in [3.8, 4) is 0 Å². The summed E-state index contributed by atoms with van der Waals surface area (Å²) in [6.45, 7) is 0.236. The standard InChI is InChI=1S/C16H20O7/c1-19-15-13-16(18,11(17)8-20-13)12-10(22-15)7-21-14(23-12)9-5-3-2-4-6-9/h2-6,10-15,17-18H,7-8H2,1H3/t10-,11+,12-,13+,14-,15+,16+/m1/s1. The van der Waals surface area contributed by atoms with E-state index in [9.17, 15) is 10.2 Å². The lowest BCUT2D eigenvalue weighted by atomic mass is 9.81. The molecule has 0 saturated carbocycles. The first kappa shape index (κ1) is 15.5. The van der Waals surface area contributed by atoms with Gasteiger partial charge in [0.05, 0.1) is 13.2 Å². The number of aliphatic hydroxyl groups excluding tert-OH is 1. The second-order valence-electron chi connectivity index (χ2n) is 6.07. The Labute approximate surface area is 133 Å². The third kappa shape index (κ3) is 2.32. The molecule has 3 saturated heterocycles. The van der Waals surface area contributed by atoms with Crippen LogP contribution in [0.25, 0.3) is 0 Å². The van der Waals surface area contributed by atoms with Gasteiger partial charge in [0.1, 0.15) is 24.4 Å². The van der Waals surface area contributed by atoms with Crippen LogP contribution >= 0.6 is 0 Å². The summed E-state index contributed by atoms with van der Waals surface area (Å²) in [6, 6.07) is 9.45. The van der Waals surface area contributed by atoms with Gasteiger partial charge in [0.25, 0.3) is 0 Å². The van der Waals surface area contributed by atoms with E-state index in [1.165, 1.54) is 7.11 Å². The van der Waals surface area contributed by atoms with E-state index in [2.05, 4.69) is 0 Å². The summed E-state index contributed by atoms with van der Waals surface area (Å²) in [5, 5.41) is 21.4. The Morgan fingerprint density at radius 1 is 1.09 bits per heavy atom. The van der Waals surface area contributed by atoms with E-state index in [0.717, 1.165) is 5.56 Å². The van der Waals surface area contributed by atoms with Crippen LogP contribution < -0.4 is 0 Å². The first-order valence-corrected chi connectivity index (χ1v) is 7.67. The molecule has 0 unspecified atom stereocenters. The SMILES string of the molecule is CO[C@H]1O[C@@H]2CO[C@@H](c3ccccc3)O[C@H]2[C@@]2(O)[C@@H](O)CO[C@@H]12. The van der Waals surface area contributed by atoms with Crippen LogP contribution in [0.5, 0.6) is 0 Å². The molecule has 0 aliphatic carbocycles. The second-order valence-corrected chi connectivity index (χ2v) is 6.07. The molecule has 3 aliphatic heterocycles. The summed E-state index contributed by atoms with van der Waals surface area (Å²) < 4.78 is 28.2. The van der Waals surface area contributed by atoms with Crippen molar-refractivity contribution in [2.24, 2.45) is 0 Å². The molecule has 3 fully saturated rings. The summed E-state index contributed by atoms with van der Waals surface area (Å²) in [5.41, 5.74) is -0.756. The number of rotatable bonds is 2. The maximum atomic E-state index is 11.1. The molecule has 23 heavy (non-hydrogen) atoms. The van der Waals surface area contributed by atoms with E-state index in [1.54, 1.807) is 0 Å². The molecule has 1 aromatic rings. The predicted molar refractivity (Wildman–Crippen MR) is 76.4 cm³/mol. The third-order valence-electron chi connectivity index (χ3n) is 4.76. The lowest BCUT2D eigenvalue weighted by molar-refractivity contribution is -0.380. The molecule has 126 valence electrons. The van der Waals surface area contributed by atoms with E-state index in [0.29, 0.717) is 0 Å². The van der Waals surface area contributed by atoms with Crippen molar-refractivity contribution < 1.29 is 33.9 Å². The van der Waals surface area contributed by atoms with Crippen molar-refractivity contribution in [3.63, 3.8) is 0 Å². The van der Waals surface area contributed by atoms with E-state index in [4.69, 9.17) is 23.7 Å². The average molecular weight is 324 g/mol. The maximum Gasteiger partial charge on any atom is 0.186 e. The van der Waals surface area contributed by atoms with Crippen LogP contribution in [0.4, 0.5) is 0 Å². The van der Waals surface area contributed by atoms with Crippen molar-refractivity contribution in [1.29, 1.82) is 0 Å². The third-order valence-corrected chi connectivity index (χ3v) is 4.76. The van der Waals surface area contributed by atoms with Crippen LogP contribution in [0.2, 0.25) is 0 Å². The van der Waals surface area contributed by atoms with Gasteiger partial charge in [0, 0.05) is 12.7 Å². The van der Waals surface area contributed by atoms with Gasteiger partial charge >= 0.3 is 0 Å². The molecule has 3 aliphatic rings. The molecular weight excluding hydrogens is 304 g/mol. The van der Waals surface area contributed by atoms with Crippen LogP contribution in [0.1, 0.15) is 11.9 Å². The monoisotopic (exact) mass is 324 g/mol. The highest BCUT2D eigenvalue weighted by Crippen LogP contribution is 2.44. The summed E-state index contributed by atoms with van der Waals surface area (Å²) >= 11 is 0. The van der Waals surface area contributed by atoms with E-state index < -0.39 is 42.6 Å². The topological polar surface area (TPSA) is 86.6 Å². The van der Waals surface area contributed by atoms with Crippen molar-refractivity contribution in [2.75, 3.05) is 20.3 Å². The number of hydrogen-bond acceptors (Lipinski definition) is 7. The molecule has 7 heteroatoms. The second kappa shape index (κ2) is 5.78. The highest BCUT2D eigenvalue weighted by atomic mass is 16.8. The number of hydrogen-bond donors (Lipinski definition) is 2. The van der Waals surface area contributed by atoms with Crippen LogP contribution in [-0.4, -0.2) is 66.8 Å². The van der Waals surface area contributed by atoms with Gasteiger partial charge in [-0.15, -0.1) is 0 Å². The first-order chi connectivity index (χ1) is 11.1. The Bertz CT molecular complexity index is 553. The quantitative estimate of drug-likeness (QED) is 0.789. The van der Waals surface area contributed by atoms with Crippen LogP contribution in [0.15, 0.2) is 30.3 Å². The van der Waals surface area contributed by atoms with E-state index in [1.807, 2.05) is 30.3 Å². The summed E-state index contributed by atoms with van der Waals surface area (Å²) in [4.78, 5) is 0. The maximum absolute atomic E-state index is 11.1. The number of methoxy groups -OCH3 is 1. The summed E-state index contributed by atoms with van der Waals surface area (Å²) in [7, 11) is 1.47. The Hall–Kier alpha value is -1.06. The van der Waals surface area contributed by atoms with Gasteiger partial charge in [-0.25, -0.2) is 0 Å². The molecule has 0 aromatic heterocycles. The van der Waals surface area contributed by atoms with Gasteiger partial charge < -0.3 is 33.9 Å². The van der Waals surface area contributed by atoms with Gasteiger partial charge in [0.2, 0.25) is 0 Å². The normalized spacial score (nSPS) is 46.2. The Kier molecular flexibility index (Phi) is 3.89. The molecule has 7 nitrogen and oxygen atoms in total. The molecule has 0 radical (unpaired) electrons. The zero-order valence-electron chi connectivity index (χ0n) is 12.7. The number of aliphatic hydroxyl groups is 2. The minimum Gasteiger partial charge on any atom is -0.387 e. The highest BCUT2D eigenvalue weighted by Gasteiger charge is 2.66. The summed E-state index contributed by atoms with van der Waals surface area (Å²) in [5.74, 6) is 0. The van der Waals surface area contributed by atoms with Crippen molar-refractivity contribution >= 4 is 0 Å². The van der Waals surface area contributed by atoms with Gasteiger partial charge in [-0.1, -0.05) is 30.3 Å². The first-order valence-electron chi connectivity index (χ1n) is 7.67. The molecule has 3 heterocycles. The minimum absolute atomic E-state index is 0.00777. The molecule has 1 aromatic carbocycles. The zero-order chi connectivity index (χ0) is 16.0. The molecular formula is C16H20O7. The van der Waals surface area contributed by atoms with Gasteiger partial charge in [-0.3, -0.25) is 0 Å². The number of ether oxygens (including phenoxy) is 5. The zero-order valence-corrected chi connectivity index (χ0v) is 12.7. The fourth-order valence-electron chi connectivity index (χ4n) is 3.55. The average Bonchev–Trinajstić information content (AvgIpc) is 2.91. The van der Waals surface area contributed by atoms with Crippen LogP contribution in [0.3, 0.4) is 0 Å². The minimum atomic E-state index is -1.60. The molecule has 7 atom stereocenters. The largest absolute Gasteiger partial charge is 0.387 e. The number of fused-ring (bicyclic) bond motifs is 3. The van der Waals surface area contributed by atoms with Gasteiger partial charge in [0.15, 0.2) is 18.2 Å².